The van der Waals surface area contributed by atoms with Crippen molar-refractivity contribution in [2.75, 3.05) is 6.54 Å². The molecule has 0 unspecified atom stereocenters. The summed E-state index contributed by atoms with van der Waals surface area (Å²) in [5, 5.41) is 6.92. The average Bonchev–Trinajstić information content (AvgIpc) is 3.34. The zero-order valence-electron chi connectivity index (χ0n) is 14.6. The summed E-state index contributed by atoms with van der Waals surface area (Å²) >= 11 is 1.72. The average molecular weight is 362 g/mol. The summed E-state index contributed by atoms with van der Waals surface area (Å²) in [6.07, 6.45) is 3.14. The van der Waals surface area contributed by atoms with E-state index in [0.717, 1.165) is 25.3 Å². The Morgan fingerprint density at radius 2 is 1.85 bits per heavy atom. The van der Waals surface area contributed by atoms with E-state index >= 15 is 0 Å². The number of para-hydroxylation sites is 1. The summed E-state index contributed by atoms with van der Waals surface area (Å²) < 4.78 is 5.81. The highest BCUT2D eigenvalue weighted by molar-refractivity contribution is 7.09. The number of fused-ring (bicyclic) bond motifs is 1. The molecule has 4 aromatic rings. The minimum atomic E-state index is 0.639. The highest BCUT2D eigenvalue weighted by Gasteiger charge is 2.02. The molecule has 0 saturated carbocycles. The monoisotopic (exact) mass is 362 g/mol. The molecule has 0 amide bonds. The normalized spacial score (nSPS) is 11.1. The second-order valence-electron chi connectivity index (χ2n) is 6.30. The van der Waals surface area contributed by atoms with E-state index in [-0.39, 0.29) is 0 Å². The van der Waals surface area contributed by atoms with Gasteiger partial charge in [0.15, 0.2) is 0 Å². The lowest BCUT2D eigenvalue weighted by Gasteiger charge is -2.07. The van der Waals surface area contributed by atoms with Crippen molar-refractivity contribution in [2.45, 2.75) is 19.6 Å². The Labute approximate surface area is 157 Å². The number of hydrogen-bond donors (Lipinski definition) is 2. The van der Waals surface area contributed by atoms with E-state index in [1.165, 1.54) is 26.9 Å². The first-order chi connectivity index (χ1) is 12.9. The molecule has 4 heteroatoms. The van der Waals surface area contributed by atoms with Crippen molar-refractivity contribution in [3.05, 3.63) is 88.2 Å². The fourth-order valence-corrected chi connectivity index (χ4v) is 3.66. The van der Waals surface area contributed by atoms with Crippen LogP contribution in [0.25, 0.3) is 10.9 Å². The fourth-order valence-electron chi connectivity index (χ4n) is 3.05. The molecular formula is C22H22N2OS. The van der Waals surface area contributed by atoms with Gasteiger partial charge in [-0.3, -0.25) is 0 Å². The fraction of sp³-hybridized carbons (Fsp3) is 0.182. The van der Waals surface area contributed by atoms with Crippen LogP contribution in [0.2, 0.25) is 0 Å². The van der Waals surface area contributed by atoms with Gasteiger partial charge >= 0.3 is 0 Å². The Morgan fingerprint density at radius 1 is 0.962 bits per heavy atom. The van der Waals surface area contributed by atoms with Gasteiger partial charge in [0.05, 0.1) is 0 Å². The van der Waals surface area contributed by atoms with Crippen LogP contribution in [-0.4, -0.2) is 11.5 Å². The summed E-state index contributed by atoms with van der Waals surface area (Å²) in [6, 6.07) is 20.9. The van der Waals surface area contributed by atoms with E-state index in [1.807, 2.05) is 12.1 Å². The van der Waals surface area contributed by atoms with Crippen molar-refractivity contribution in [3.8, 4) is 5.75 Å². The Hall–Kier alpha value is -2.56. The highest BCUT2D eigenvalue weighted by atomic mass is 32.1. The number of H-pyrrole nitrogens is 1. The molecule has 0 fully saturated rings. The summed E-state index contributed by atoms with van der Waals surface area (Å²) in [5.74, 6) is 0.918. The number of nitrogens with one attached hydrogen (secondary N) is 2. The van der Waals surface area contributed by atoms with Gasteiger partial charge in [0, 0.05) is 28.5 Å². The predicted molar refractivity (Wildman–Crippen MR) is 109 cm³/mol. The molecule has 0 radical (unpaired) electrons. The van der Waals surface area contributed by atoms with Crippen molar-refractivity contribution in [2.24, 2.45) is 0 Å². The number of rotatable bonds is 8. The third kappa shape index (κ3) is 4.15. The minimum absolute atomic E-state index is 0.639. The van der Waals surface area contributed by atoms with E-state index in [1.54, 1.807) is 11.3 Å². The molecule has 2 aromatic heterocycles. The number of aromatic amines is 1. The quantitative estimate of drug-likeness (QED) is 0.426. The lowest BCUT2D eigenvalue weighted by atomic mass is 10.1. The smallest absolute Gasteiger partial charge is 0.122 e. The number of benzene rings is 2. The van der Waals surface area contributed by atoms with Gasteiger partial charge in [0.1, 0.15) is 12.4 Å². The summed E-state index contributed by atoms with van der Waals surface area (Å²) in [7, 11) is 0. The van der Waals surface area contributed by atoms with Gasteiger partial charge in [-0.25, -0.2) is 0 Å². The Morgan fingerprint density at radius 3 is 2.69 bits per heavy atom. The number of hydrogen-bond acceptors (Lipinski definition) is 3. The zero-order chi connectivity index (χ0) is 17.6. The van der Waals surface area contributed by atoms with Crippen molar-refractivity contribution in [1.82, 2.24) is 10.3 Å². The van der Waals surface area contributed by atoms with E-state index < -0.39 is 0 Å². The molecule has 2 heterocycles. The third-order valence-corrected chi connectivity index (χ3v) is 5.31. The van der Waals surface area contributed by atoms with Crippen LogP contribution >= 0.6 is 11.3 Å². The SMILES string of the molecule is c1csc(COc2ccc(CNCCc3c[nH]c4ccccc34)cc2)c1. The molecule has 4 rings (SSSR count). The molecule has 0 aliphatic heterocycles. The van der Waals surface area contributed by atoms with Crippen molar-refractivity contribution >= 4 is 22.2 Å². The standard InChI is InChI=1S/C22H22N2OS/c1-2-6-22-21(5-1)18(15-24-22)11-12-23-14-17-7-9-19(10-8-17)25-16-20-4-3-13-26-20/h1-10,13,15,23-24H,11-12,14,16H2. The lowest BCUT2D eigenvalue weighted by Crippen LogP contribution is -2.16. The Bertz CT molecular complexity index is 942. The number of aromatic nitrogens is 1. The molecule has 0 bridgehead atoms. The molecule has 3 nitrogen and oxygen atoms in total. The van der Waals surface area contributed by atoms with Gasteiger partial charge in [0.2, 0.25) is 0 Å². The van der Waals surface area contributed by atoms with Gasteiger partial charge in [-0.15, -0.1) is 11.3 Å². The van der Waals surface area contributed by atoms with Crippen LogP contribution in [0.15, 0.2) is 72.2 Å². The molecule has 0 aliphatic carbocycles. The molecule has 0 saturated heterocycles. The van der Waals surface area contributed by atoms with Crippen molar-refractivity contribution < 1.29 is 4.74 Å². The highest BCUT2D eigenvalue weighted by Crippen LogP contribution is 2.18. The van der Waals surface area contributed by atoms with Crippen LogP contribution in [-0.2, 0) is 19.6 Å². The Kier molecular flexibility index (Phi) is 5.33. The van der Waals surface area contributed by atoms with E-state index in [0.29, 0.717) is 6.61 Å². The molecule has 0 atom stereocenters. The van der Waals surface area contributed by atoms with Gasteiger partial charge in [-0.1, -0.05) is 36.4 Å². The first-order valence-corrected chi connectivity index (χ1v) is 9.76. The lowest BCUT2D eigenvalue weighted by molar-refractivity contribution is 0.309. The van der Waals surface area contributed by atoms with Crippen LogP contribution in [0.4, 0.5) is 0 Å². The van der Waals surface area contributed by atoms with Crippen LogP contribution < -0.4 is 10.1 Å². The molecule has 0 aliphatic rings. The summed E-state index contributed by atoms with van der Waals surface area (Å²) in [6.45, 7) is 2.46. The molecule has 0 spiro atoms. The summed E-state index contributed by atoms with van der Waals surface area (Å²) in [5.41, 5.74) is 3.85. The maximum atomic E-state index is 5.81. The van der Waals surface area contributed by atoms with E-state index in [9.17, 15) is 0 Å². The Balaban J connectivity index is 1.23. The minimum Gasteiger partial charge on any atom is -0.488 e. The second-order valence-corrected chi connectivity index (χ2v) is 7.33. The number of ether oxygens (including phenoxy) is 1. The van der Waals surface area contributed by atoms with Crippen LogP contribution in [0.5, 0.6) is 5.75 Å². The van der Waals surface area contributed by atoms with Crippen molar-refractivity contribution in [3.63, 3.8) is 0 Å². The maximum absolute atomic E-state index is 5.81. The molecule has 2 aromatic carbocycles. The molecule has 2 N–H and O–H groups in total. The molecule has 132 valence electrons. The maximum Gasteiger partial charge on any atom is 0.122 e. The van der Waals surface area contributed by atoms with Crippen molar-refractivity contribution in [1.29, 1.82) is 0 Å². The zero-order valence-corrected chi connectivity index (χ0v) is 15.4. The molecule has 26 heavy (non-hydrogen) atoms. The number of thiophene rings is 1. The van der Waals surface area contributed by atoms with Gasteiger partial charge in [-0.2, -0.15) is 0 Å². The van der Waals surface area contributed by atoms with Gasteiger partial charge < -0.3 is 15.0 Å². The van der Waals surface area contributed by atoms with Crippen LogP contribution in [0.3, 0.4) is 0 Å². The van der Waals surface area contributed by atoms with Gasteiger partial charge in [0.25, 0.3) is 0 Å². The summed E-state index contributed by atoms with van der Waals surface area (Å²) in [4.78, 5) is 4.58. The first-order valence-electron chi connectivity index (χ1n) is 8.88. The largest absolute Gasteiger partial charge is 0.488 e. The van der Waals surface area contributed by atoms with Gasteiger partial charge in [-0.05, 0) is 53.7 Å². The predicted octanol–water partition coefficient (Wildman–Crippen LogP) is 5.14. The second kappa shape index (κ2) is 8.21. The molecular weight excluding hydrogens is 340 g/mol. The first kappa shape index (κ1) is 16.9. The van der Waals surface area contributed by atoms with Crippen LogP contribution in [0, 0.1) is 0 Å². The van der Waals surface area contributed by atoms with E-state index in [4.69, 9.17) is 4.74 Å². The third-order valence-electron chi connectivity index (χ3n) is 4.46. The van der Waals surface area contributed by atoms with E-state index in [2.05, 4.69) is 70.4 Å². The van der Waals surface area contributed by atoms with Crippen LogP contribution in [0.1, 0.15) is 16.0 Å². The topological polar surface area (TPSA) is 37.0 Å².